The highest BCUT2D eigenvalue weighted by Crippen LogP contribution is 2.16. The molecule has 2 atom stereocenters. The summed E-state index contributed by atoms with van der Waals surface area (Å²) in [6.45, 7) is 8.34. The van der Waals surface area contributed by atoms with E-state index in [2.05, 4.69) is 34.2 Å². The van der Waals surface area contributed by atoms with E-state index in [4.69, 9.17) is 4.74 Å². The standard InChI is InChI=1S/C20H31N3O2/c1-17(15-22-10-12-25-13-11-22)23(16-18-6-3-2-4-7-18)20(24)14-19-8-5-9-21-19/h2-4,6-7,17,19,21H,5,8-16H2,1H3. The Bertz CT molecular complexity index is 525. The number of hydrogen-bond acceptors (Lipinski definition) is 4. The van der Waals surface area contributed by atoms with Gasteiger partial charge in [-0.25, -0.2) is 0 Å². The van der Waals surface area contributed by atoms with Crippen LogP contribution in [0.4, 0.5) is 0 Å². The summed E-state index contributed by atoms with van der Waals surface area (Å²) < 4.78 is 5.44. The monoisotopic (exact) mass is 345 g/mol. The molecule has 0 aromatic heterocycles. The number of benzene rings is 1. The molecule has 5 heteroatoms. The van der Waals surface area contributed by atoms with Gasteiger partial charge in [-0.2, -0.15) is 0 Å². The molecule has 0 spiro atoms. The molecule has 2 saturated heterocycles. The largest absolute Gasteiger partial charge is 0.379 e. The Balaban J connectivity index is 1.64. The summed E-state index contributed by atoms with van der Waals surface area (Å²) in [6.07, 6.45) is 2.91. The van der Waals surface area contributed by atoms with Gasteiger partial charge in [-0.05, 0) is 31.9 Å². The molecule has 0 radical (unpaired) electrons. The fourth-order valence-corrected chi connectivity index (χ4v) is 3.78. The number of hydrogen-bond donors (Lipinski definition) is 1. The van der Waals surface area contributed by atoms with E-state index < -0.39 is 0 Å². The highest BCUT2D eigenvalue weighted by Gasteiger charge is 2.26. The summed E-state index contributed by atoms with van der Waals surface area (Å²) >= 11 is 0. The van der Waals surface area contributed by atoms with Gasteiger partial charge in [-0.3, -0.25) is 9.69 Å². The van der Waals surface area contributed by atoms with E-state index in [9.17, 15) is 4.79 Å². The van der Waals surface area contributed by atoms with Crippen molar-refractivity contribution < 1.29 is 9.53 Å². The van der Waals surface area contributed by atoms with Gasteiger partial charge in [0.05, 0.1) is 13.2 Å². The minimum atomic E-state index is 0.201. The number of nitrogens with one attached hydrogen (secondary N) is 1. The van der Waals surface area contributed by atoms with Gasteiger partial charge in [-0.1, -0.05) is 30.3 Å². The van der Waals surface area contributed by atoms with Crippen molar-refractivity contribution in [2.45, 2.75) is 44.8 Å². The molecule has 1 N–H and O–H groups in total. The number of morpholine rings is 1. The Morgan fingerprint density at radius 1 is 1.32 bits per heavy atom. The van der Waals surface area contributed by atoms with Crippen molar-refractivity contribution >= 4 is 5.91 Å². The maximum atomic E-state index is 13.0. The number of carbonyl (C=O) groups is 1. The lowest BCUT2D eigenvalue weighted by Crippen LogP contribution is -2.48. The second kappa shape index (κ2) is 9.32. The number of ether oxygens (including phenoxy) is 1. The Morgan fingerprint density at radius 2 is 2.08 bits per heavy atom. The minimum Gasteiger partial charge on any atom is -0.379 e. The van der Waals surface area contributed by atoms with Gasteiger partial charge in [0.15, 0.2) is 0 Å². The first-order valence-corrected chi connectivity index (χ1v) is 9.59. The molecule has 1 aromatic rings. The molecule has 1 amide bonds. The highest BCUT2D eigenvalue weighted by molar-refractivity contribution is 5.77. The topological polar surface area (TPSA) is 44.8 Å². The average molecular weight is 345 g/mol. The summed E-state index contributed by atoms with van der Waals surface area (Å²) in [5, 5.41) is 3.45. The zero-order valence-corrected chi connectivity index (χ0v) is 15.3. The lowest BCUT2D eigenvalue weighted by atomic mass is 10.1. The molecule has 2 heterocycles. The summed E-state index contributed by atoms with van der Waals surface area (Å²) in [5.74, 6) is 0.268. The van der Waals surface area contributed by atoms with Crippen LogP contribution in [0.25, 0.3) is 0 Å². The van der Waals surface area contributed by atoms with E-state index in [1.807, 2.05) is 18.2 Å². The third kappa shape index (κ3) is 5.53. The van der Waals surface area contributed by atoms with Crippen LogP contribution in [0.3, 0.4) is 0 Å². The predicted octanol–water partition coefficient (Wildman–Crippen LogP) is 1.88. The van der Waals surface area contributed by atoms with Crippen molar-refractivity contribution in [3.05, 3.63) is 35.9 Å². The lowest BCUT2D eigenvalue weighted by Gasteiger charge is -2.35. The average Bonchev–Trinajstić information content (AvgIpc) is 3.14. The Hall–Kier alpha value is -1.43. The summed E-state index contributed by atoms with van der Waals surface area (Å²) in [6, 6.07) is 10.9. The summed E-state index contributed by atoms with van der Waals surface area (Å²) in [7, 11) is 0. The fraction of sp³-hybridized carbons (Fsp3) is 0.650. The molecule has 2 aliphatic rings. The van der Waals surface area contributed by atoms with Crippen molar-refractivity contribution in [2.75, 3.05) is 39.4 Å². The van der Waals surface area contributed by atoms with Gasteiger partial charge in [-0.15, -0.1) is 0 Å². The van der Waals surface area contributed by atoms with Gasteiger partial charge >= 0.3 is 0 Å². The first-order valence-electron chi connectivity index (χ1n) is 9.59. The molecule has 5 nitrogen and oxygen atoms in total. The van der Waals surface area contributed by atoms with Gasteiger partial charge in [0.2, 0.25) is 5.91 Å². The van der Waals surface area contributed by atoms with Crippen LogP contribution in [0.15, 0.2) is 30.3 Å². The van der Waals surface area contributed by atoms with Crippen LogP contribution in [0.1, 0.15) is 31.7 Å². The number of nitrogens with zero attached hydrogens (tertiary/aromatic N) is 2. The number of carbonyl (C=O) groups excluding carboxylic acids is 1. The molecule has 1 aromatic carbocycles. The van der Waals surface area contributed by atoms with Crippen molar-refractivity contribution in [1.29, 1.82) is 0 Å². The fourth-order valence-electron chi connectivity index (χ4n) is 3.78. The van der Waals surface area contributed by atoms with Gasteiger partial charge in [0, 0.05) is 44.7 Å². The zero-order valence-electron chi connectivity index (χ0n) is 15.3. The summed E-state index contributed by atoms with van der Waals surface area (Å²) in [5.41, 5.74) is 1.20. The molecule has 2 fully saturated rings. The molecular formula is C20H31N3O2. The van der Waals surface area contributed by atoms with Crippen molar-refractivity contribution in [3.63, 3.8) is 0 Å². The second-order valence-corrected chi connectivity index (χ2v) is 7.27. The van der Waals surface area contributed by atoms with Gasteiger partial charge < -0.3 is 15.0 Å². The third-order valence-corrected chi connectivity index (χ3v) is 5.26. The lowest BCUT2D eigenvalue weighted by molar-refractivity contribution is -0.135. The van der Waals surface area contributed by atoms with E-state index in [0.29, 0.717) is 19.0 Å². The van der Waals surface area contributed by atoms with Crippen LogP contribution >= 0.6 is 0 Å². The molecule has 0 bridgehead atoms. The van der Waals surface area contributed by atoms with Crippen LogP contribution < -0.4 is 5.32 Å². The van der Waals surface area contributed by atoms with E-state index in [1.54, 1.807) is 0 Å². The molecule has 138 valence electrons. The molecule has 3 rings (SSSR count). The minimum absolute atomic E-state index is 0.201. The number of amides is 1. The third-order valence-electron chi connectivity index (χ3n) is 5.26. The molecule has 0 saturated carbocycles. The van der Waals surface area contributed by atoms with Crippen LogP contribution in [0.2, 0.25) is 0 Å². The first kappa shape index (κ1) is 18.4. The second-order valence-electron chi connectivity index (χ2n) is 7.27. The normalized spacial score (nSPS) is 22.7. The van der Waals surface area contributed by atoms with Crippen molar-refractivity contribution in [1.82, 2.24) is 15.1 Å². The Kier molecular flexibility index (Phi) is 6.84. The maximum Gasteiger partial charge on any atom is 0.224 e. The van der Waals surface area contributed by atoms with E-state index in [1.165, 1.54) is 12.0 Å². The molecule has 2 aliphatic heterocycles. The number of rotatable bonds is 7. The van der Waals surface area contributed by atoms with Crippen molar-refractivity contribution in [2.24, 2.45) is 0 Å². The van der Waals surface area contributed by atoms with Crippen LogP contribution in [-0.2, 0) is 16.1 Å². The van der Waals surface area contributed by atoms with E-state index in [0.717, 1.165) is 45.8 Å². The predicted molar refractivity (Wildman–Crippen MR) is 99.4 cm³/mol. The first-order chi connectivity index (χ1) is 12.2. The van der Waals surface area contributed by atoms with Crippen molar-refractivity contribution in [3.8, 4) is 0 Å². The maximum absolute atomic E-state index is 13.0. The molecular weight excluding hydrogens is 314 g/mol. The molecule has 25 heavy (non-hydrogen) atoms. The van der Waals surface area contributed by atoms with Crippen LogP contribution in [0.5, 0.6) is 0 Å². The quantitative estimate of drug-likeness (QED) is 0.820. The summed E-state index contributed by atoms with van der Waals surface area (Å²) in [4.78, 5) is 17.5. The van der Waals surface area contributed by atoms with Gasteiger partial charge in [0.25, 0.3) is 0 Å². The van der Waals surface area contributed by atoms with Crippen LogP contribution in [0, 0.1) is 0 Å². The molecule has 0 aliphatic carbocycles. The zero-order chi connectivity index (χ0) is 17.5. The van der Waals surface area contributed by atoms with E-state index in [-0.39, 0.29) is 11.9 Å². The highest BCUT2D eigenvalue weighted by atomic mass is 16.5. The Labute approximate surface area is 151 Å². The van der Waals surface area contributed by atoms with Gasteiger partial charge in [0.1, 0.15) is 0 Å². The smallest absolute Gasteiger partial charge is 0.224 e. The van der Waals surface area contributed by atoms with E-state index >= 15 is 0 Å². The SMILES string of the molecule is CC(CN1CCOCC1)N(Cc1ccccc1)C(=O)CC1CCCN1. The van der Waals surface area contributed by atoms with Crippen LogP contribution in [-0.4, -0.2) is 67.2 Å². The Morgan fingerprint density at radius 3 is 2.76 bits per heavy atom. The molecule has 2 unspecified atom stereocenters.